The molecular weight excluding hydrogens is 282 g/mol. The Morgan fingerprint density at radius 1 is 1.32 bits per heavy atom. The predicted molar refractivity (Wildman–Crippen MR) is 83.7 cm³/mol. The first-order chi connectivity index (χ1) is 10.5. The molecule has 1 aromatic rings. The Morgan fingerprint density at radius 2 is 1.95 bits per heavy atom. The zero-order chi connectivity index (χ0) is 16.2. The summed E-state index contributed by atoms with van der Waals surface area (Å²) in [5, 5.41) is 11.9. The first-order valence-electron chi connectivity index (χ1n) is 7.59. The summed E-state index contributed by atoms with van der Waals surface area (Å²) in [6, 6.07) is 7.36. The lowest BCUT2D eigenvalue weighted by atomic mass is 9.68. The van der Waals surface area contributed by atoms with E-state index in [2.05, 4.69) is 5.32 Å². The van der Waals surface area contributed by atoms with Crippen LogP contribution in [0, 0.1) is 11.3 Å². The van der Waals surface area contributed by atoms with Crippen LogP contribution in [0.5, 0.6) is 0 Å². The van der Waals surface area contributed by atoms with Gasteiger partial charge in [0.15, 0.2) is 0 Å². The van der Waals surface area contributed by atoms with Gasteiger partial charge in [-0.2, -0.15) is 0 Å². The number of hydrogen-bond acceptors (Lipinski definition) is 3. The molecule has 0 spiro atoms. The molecule has 0 aromatic heterocycles. The van der Waals surface area contributed by atoms with Crippen LogP contribution in [0.2, 0.25) is 0 Å². The van der Waals surface area contributed by atoms with E-state index in [0.29, 0.717) is 13.0 Å². The van der Waals surface area contributed by atoms with Crippen molar-refractivity contribution in [1.29, 1.82) is 0 Å². The van der Waals surface area contributed by atoms with Gasteiger partial charge in [-0.1, -0.05) is 25.5 Å². The van der Waals surface area contributed by atoms with Gasteiger partial charge in [-0.3, -0.25) is 9.59 Å². The Hall–Kier alpha value is -1.88. The number of ether oxygens (including phenoxy) is 1. The molecule has 1 aliphatic carbocycles. The maximum Gasteiger partial charge on any atom is 0.306 e. The van der Waals surface area contributed by atoms with Crippen molar-refractivity contribution in [2.75, 3.05) is 19.0 Å². The fourth-order valence-corrected chi connectivity index (χ4v) is 2.75. The van der Waals surface area contributed by atoms with Crippen LogP contribution in [-0.2, 0) is 20.7 Å². The van der Waals surface area contributed by atoms with Crippen molar-refractivity contribution in [2.45, 2.75) is 32.6 Å². The summed E-state index contributed by atoms with van der Waals surface area (Å²) in [4.78, 5) is 23.2. The first-order valence-corrected chi connectivity index (χ1v) is 7.59. The number of aliphatic carboxylic acids is 1. The van der Waals surface area contributed by atoms with Crippen LogP contribution in [0.25, 0.3) is 0 Å². The van der Waals surface area contributed by atoms with E-state index in [1.165, 1.54) is 0 Å². The molecule has 0 bridgehead atoms. The van der Waals surface area contributed by atoms with Crippen molar-refractivity contribution < 1.29 is 19.4 Å². The second-order valence-corrected chi connectivity index (χ2v) is 6.16. The average Bonchev–Trinajstić information content (AvgIpc) is 2.44. The Bertz CT molecular complexity index is 534. The molecule has 0 saturated heterocycles. The topological polar surface area (TPSA) is 75.6 Å². The highest BCUT2D eigenvalue weighted by molar-refractivity contribution is 5.96. The SMILES string of the molecule is COCC1(C(=O)Nc2ccc(CC(C)C(=O)O)cc2)CCC1. The summed E-state index contributed by atoms with van der Waals surface area (Å²) in [5.41, 5.74) is 1.30. The summed E-state index contributed by atoms with van der Waals surface area (Å²) in [7, 11) is 1.62. The lowest BCUT2D eigenvalue weighted by Gasteiger charge is -2.39. The number of rotatable bonds is 7. The summed E-state index contributed by atoms with van der Waals surface area (Å²) in [5.74, 6) is -1.21. The van der Waals surface area contributed by atoms with E-state index in [-0.39, 0.29) is 11.3 Å². The summed E-state index contributed by atoms with van der Waals surface area (Å²) >= 11 is 0. The van der Waals surface area contributed by atoms with Crippen LogP contribution in [0.4, 0.5) is 5.69 Å². The van der Waals surface area contributed by atoms with Gasteiger partial charge >= 0.3 is 5.97 Å². The molecule has 0 aliphatic heterocycles. The van der Waals surface area contributed by atoms with Crippen LogP contribution in [0.3, 0.4) is 0 Å². The summed E-state index contributed by atoms with van der Waals surface area (Å²) in [6.07, 6.45) is 3.27. The summed E-state index contributed by atoms with van der Waals surface area (Å²) in [6.45, 7) is 2.14. The van der Waals surface area contributed by atoms with Crippen LogP contribution in [-0.4, -0.2) is 30.7 Å². The number of nitrogens with one attached hydrogen (secondary N) is 1. The fourth-order valence-electron chi connectivity index (χ4n) is 2.75. The lowest BCUT2D eigenvalue weighted by molar-refractivity contribution is -0.141. The number of carboxylic acids is 1. The molecule has 1 unspecified atom stereocenters. The van der Waals surface area contributed by atoms with Gasteiger partial charge in [0.1, 0.15) is 0 Å². The molecule has 1 amide bonds. The Kier molecular flexibility index (Phi) is 5.19. The predicted octanol–water partition coefficient (Wildman–Crippen LogP) is 2.71. The first kappa shape index (κ1) is 16.5. The number of carbonyl (C=O) groups excluding carboxylic acids is 1. The van der Waals surface area contributed by atoms with Crippen molar-refractivity contribution in [3.63, 3.8) is 0 Å². The van der Waals surface area contributed by atoms with E-state index < -0.39 is 11.9 Å². The van der Waals surface area contributed by atoms with Gasteiger partial charge in [-0.05, 0) is 37.0 Å². The number of methoxy groups -OCH3 is 1. The van der Waals surface area contributed by atoms with E-state index in [1.807, 2.05) is 24.3 Å². The van der Waals surface area contributed by atoms with Gasteiger partial charge in [-0.15, -0.1) is 0 Å². The Balaban J connectivity index is 1.96. The minimum absolute atomic E-state index is 0.00672. The number of amides is 1. The van der Waals surface area contributed by atoms with Crippen LogP contribution in [0.15, 0.2) is 24.3 Å². The minimum atomic E-state index is -0.802. The van der Waals surface area contributed by atoms with Crippen molar-refractivity contribution in [2.24, 2.45) is 11.3 Å². The number of benzene rings is 1. The molecule has 1 saturated carbocycles. The molecule has 2 rings (SSSR count). The molecule has 0 heterocycles. The molecule has 1 aromatic carbocycles. The number of carboxylic acid groups (broad SMARTS) is 1. The Morgan fingerprint density at radius 3 is 2.41 bits per heavy atom. The molecule has 5 nitrogen and oxygen atoms in total. The van der Waals surface area contributed by atoms with Gasteiger partial charge in [0.05, 0.1) is 17.9 Å². The Labute approximate surface area is 130 Å². The van der Waals surface area contributed by atoms with Crippen molar-refractivity contribution in [1.82, 2.24) is 0 Å². The highest BCUT2D eigenvalue weighted by Crippen LogP contribution is 2.42. The maximum atomic E-state index is 12.4. The van der Waals surface area contributed by atoms with Crippen LogP contribution >= 0.6 is 0 Å². The second-order valence-electron chi connectivity index (χ2n) is 6.16. The molecule has 1 aliphatic rings. The van der Waals surface area contributed by atoms with Gasteiger partial charge in [0.2, 0.25) is 5.91 Å². The zero-order valence-corrected chi connectivity index (χ0v) is 13.1. The quantitative estimate of drug-likeness (QED) is 0.812. The molecule has 22 heavy (non-hydrogen) atoms. The van der Waals surface area contributed by atoms with Gasteiger partial charge < -0.3 is 15.2 Å². The summed E-state index contributed by atoms with van der Waals surface area (Å²) < 4.78 is 5.18. The van der Waals surface area contributed by atoms with E-state index in [9.17, 15) is 9.59 Å². The average molecular weight is 305 g/mol. The van der Waals surface area contributed by atoms with Gasteiger partial charge in [0, 0.05) is 12.8 Å². The normalized spacial score (nSPS) is 17.4. The third kappa shape index (κ3) is 3.65. The molecule has 2 N–H and O–H groups in total. The monoisotopic (exact) mass is 305 g/mol. The number of carbonyl (C=O) groups is 2. The second kappa shape index (κ2) is 6.92. The standard InChI is InChI=1S/C17H23NO4/c1-12(15(19)20)10-13-4-6-14(7-5-13)18-16(21)17(11-22-2)8-3-9-17/h4-7,12H,3,8-11H2,1-2H3,(H,18,21)(H,19,20). The smallest absolute Gasteiger partial charge is 0.306 e. The highest BCUT2D eigenvalue weighted by atomic mass is 16.5. The number of hydrogen-bond donors (Lipinski definition) is 2. The largest absolute Gasteiger partial charge is 0.481 e. The van der Waals surface area contributed by atoms with Crippen molar-refractivity contribution >= 4 is 17.6 Å². The third-order valence-electron chi connectivity index (χ3n) is 4.39. The molecular formula is C17H23NO4. The van der Waals surface area contributed by atoms with Crippen LogP contribution in [0.1, 0.15) is 31.7 Å². The maximum absolute atomic E-state index is 12.4. The lowest BCUT2D eigenvalue weighted by Crippen LogP contribution is -2.45. The van der Waals surface area contributed by atoms with E-state index in [1.54, 1.807) is 14.0 Å². The van der Waals surface area contributed by atoms with Crippen LogP contribution < -0.4 is 5.32 Å². The minimum Gasteiger partial charge on any atom is -0.481 e. The van der Waals surface area contributed by atoms with Gasteiger partial charge in [-0.25, -0.2) is 0 Å². The van der Waals surface area contributed by atoms with E-state index >= 15 is 0 Å². The van der Waals surface area contributed by atoms with Crippen molar-refractivity contribution in [3.05, 3.63) is 29.8 Å². The van der Waals surface area contributed by atoms with Gasteiger partial charge in [0.25, 0.3) is 0 Å². The van der Waals surface area contributed by atoms with E-state index in [0.717, 1.165) is 30.5 Å². The zero-order valence-electron chi connectivity index (χ0n) is 13.1. The molecule has 1 atom stereocenters. The fraction of sp³-hybridized carbons (Fsp3) is 0.529. The molecule has 120 valence electrons. The molecule has 5 heteroatoms. The molecule has 0 radical (unpaired) electrons. The third-order valence-corrected chi connectivity index (χ3v) is 4.39. The van der Waals surface area contributed by atoms with Crippen molar-refractivity contribution in [3.8, 4) is 0 Å². The highest BCUT2D eigenvalue weighted by Gasteiger charge is 2.44. The molecule has 1 fully saturated rings. The number of anilines is 1. The van der Waals surface area contributed by atoms with E-state index in [4.69, 9.17) is 9.84 Å².